The second kappa shape index (κ2) is 7.04. The van der Waals surface area contributed by atoms with Gasteiger partial charge in [0.05, 0.1) is 0 Å². The molecular formula is C15H10F3N3O4S. The first-order valence-electron chi connectivity index (χ1n) is 7.02. The van der Waals surface area contributed by atoms with Crippen LogP contribution in [0.5, 0.6) is 11.5 Å². The van der Waals surface area contributed by atoms with E-state index in [-0.39, 0.29) is 29.4 Å². The number of ether oxygens (including phenoxy) is 1. The third kappa shape index (κ3) is 4.11. The maximum absolute atomic E-state index is 14.2. The Morgan fingerprint density at radius 2 is 1.69 bits per heavy atom. The van der Waals surface area contributed by atoms with Gasteiger partial charge in [0, 0.05) is 5.56 Å². The Morgan fingerprint density at radius 1 is 1.00 bits per heavy atom. The average Bonchev–Trinajstić information content (AvgIpc) is 3.10. The number of aromatic nitrogens is 3. The predicted molar refractivity (Wildman–Crippen MR) is 82.7 cm³/mol. The predicted octanol–water partition coefficient (Wildman–Crippen LogP) is 2.72. The monoisotopic (exact) mass is 385 g/mol. The summed E-state index contributed by atoms with van der Waals surface area (Å²) < 4.78 is 71.8. The second-order valence-corrected chi connectivity index (χ2v) is 5.90. The molecule has 1 heterocycles. The molecule has 11 heteroatoms. The summed E-state index contributed by atoms with van der Waals surface area (Å²) in [6.45, 7) is -0.290. The fraction of sp³-hybridized carbons (Fsp3) is 0.0667. The lowest BCUT2D eigenvalue weighted by Gasteiger charge is -2.10. The molecule has 1 aromatic heterocycles. The van der Waals surface area contributed by atoms with Crippen LogP contribution in [0.3, 0.4) is 0 Å². The fourth-order valence-electron chi connectivity index (χ4n) is 2.07. The molecule has 0 saturated carbocycles. The Hall–Kier alpha value is -3.08. The maximum Gasteiger partial charge on any atom is 0.488 e. The van der Waals surface area contributed by atoms with E-state index in [1.54, 1.807) is 0 Å². The van der Waals surface area contributed by atoms with E-state index < -0.39 is 22.1 Å². The molecule has 136 valence electrons. The number of hydrogen-bond acceptors (Lipinski definition) is 6. The molecule has 0 aliphatic rings. The standard InChI is InChI=1S/C15H10F3N3O4S/c16-14-10(1-6-13(15(14)17)21-9-19-8-20-21)7-24-11-2-4-12(5-3-11)25-26(18,22)23/h1-6,8-9H,7H2. The summed E-state index contributed by atoms with van der Waals surface area (Å²) >= 11 is 0. The highest BCUT2D eigenvalue weighted by Gasteiger charge is 2.16. The molecule has 0 amide bonds. The Balaban J connectivity index is 1.71. The molecule has 0 fully saturated rings. The highest BCUT2D eigenvalue weighted by Crippen LogP contribution is 2.23. The van der Waals surface area contributed by atoms with E-state index in [9.17, 15) is 21.1 Å². The molecule has 7 nitrogen and oxygen atoms in total. The molecule has 26 heavy (non-hydrogen) atoms. The minimum absolute atomic E-state index is 0.0435. The third-order valence-corrected chi connectivity index (χ3v) is 3.61. The van der Waals surface area contributed by atoms with Gasteiger partial charge in [-0.2, -0.15) is 13.5 Å². The highest BCUT2D eigenvalue weighted by atomic mass is 32.3. The largest absolute Gasteiger partial charge is 0.489 e. The van der Waals surface area contributed by atoms with Crippen LogP contribution in [0.15, 0.2) is 49.1 Å². The van der Waals surface area contributed by atoms with Gasteiger partial charge in [0.1, 0.15) is 36.4 Å². The summed E-state index contributed by atoms with van der Waals surface area (Å²) in [4.78, 5) is 3.66. The average molecular weight is 385 g/mol. The smallest absolute Gasteiger partial charge is 0.488 e. The minimum atomic E-state index is -5.12. The van der Waals surface area contributed by atoms with Gasteiger partial charge in [-0.1, -0.05) is 9.95 Å². The van der Waals surface area contributed by atoms with Crippen LogP contribution in [0.4, 0.5) is 12.7 Å². The zero-order chi connectivity index (χ0) is 18.7. The van der Waals surface area contributed by atoms with Gasteiger partial charge in [0.25, 0.3) is 0 Å². The molecule has 3 rings (SSSR count). The molecular weight excluding hydrogens is 375 g/mol. The molecule has 0 radical (unpaired) electrons. The van der Waals surface area contributed by atoms with Gasteiger partial charge >= 0.3 is 10.5 Å². The summed E-state index contributed by atoms with van der Waals surface area (Å²) in [7, 11) is -5.12. The first kappa shape index (κ1) is 17.7. The number of nitrogens with zero attached hydrogens (tertiary/aromatic N) is 3. The summed E-state index contributed by atoms with van der Waals surface area (Å²) in [5.41, 5.74) is -0.143. The molecule has 0 unspecified atom stereocenters. The van der Waals surface area contributed by atoms with Gasteiger partial charge in [-0.25, -0.2) is 18.4 Å². The van der Waals surface area contributed by atoms with E-state index in [4.69, 9.17) is 4.74 Å². The van der Waals surface area contributed by atoms with E-state index in [0.717, 1.165) is 16.8 Å². The SMILES string of the molecule is O=S(=O)(F)Oc1ccc(OCc2ccc(-n3cncn3)c(F)c2F)cc1. The second-order valence-electron chi connectivity index (χ2n) is 4.95. The van der Waals surface area contributed by atoms with Crippen molar-refractivity contribution in [2.45, 2.75) is 6.61 Å². The van der Waals surface area contributed by atoms with Gasteiger partial charge in [-0.15, -0.1) is 0 Å². The lowest BCUT2D eigenvalue weighted by atomic mass is 10.2. The van der Waals surface area contributed by atoms with Crippen LogP contribution in [0.25, 0.3) is 5.69 Å². The quantitative estimate of drug-likeness (QED) is 0.607. The minimum Gasteiger partial charge on any atom is -0.489 e. The van der Waals surface area contributed by atoms with Crippen molar-refractivity contribution in [3.63, 3.8) is 0 Å². The molecule has 3 aromatic rings. The lowest BCUT2D eigenvalue weighted by molar-refractivity contribution is 0.296. The molecule has 0 spiro atoms. The van der Waals surface area contributed by atoms with Crippen LogP contribution in [-0.4, -0.2) is 23.2 Å². The summed E-state index contributed by atoms with van der Waals surface area (Å²) in [6, 6.07) is 7.54. The maximum atomic E-state index is 14.2. The van der Waals surface area contributed by atoms with Crippen molar-refractivity contribution >= 4 is 10.5 Å². The molecule has 2 aromatic carbocycles. The van der Waals surface area contributed by atoms with Crippen molar-refractivity contribution in [2.24, 2.45) is 0 Å². The van der Waals surface area contributed by atoms with E-state index in [0.29, 0.717) is 0 Å². The molecule has 0 bridgehead atoms. The molecule has 0 saturated heterocycles. The van der Waals surface area contributed by atoms with Crippen molar-refractivity contribution in [1.82, 2.24) is 14.8 Å². The van der Waals surface area contributed by atoms with Crippen LogP contribution in [0.1, 0.15) is 5.56 Å². The first-order valence-corrected chi connectivity index (χ1v) is 8.33. The summed E-state index contributed by atoms with van der Waals surface area (Å²) in [5, 5.41) is 3.73. The number of rotatable bonds is 6. The van der Waals surface area contributed by atoms with Crippen LogP contribution in [0.2, 0.25) is 0 Å². The van der Waals surface area contributed by atoms with Crippen molar-refractivity contribution < 1.29 is 30.0 Å². The van der Waals surface area contributed by atoms with Crippen molar-refractivity contribution in [2.75, 3.05) is 0 Å². The summed E-state index contributed by atoms with van der Waals surface area (Å²) in [6.07, 6.45) is 2.42. The third-order valence-electron chi connectivity index (χ3n) is 3.22. The normalized spacial score (nSPS) is 11.3. The zero-order valence-corrected chi connectivity index (χ0v) is 13.7. The van der Waals surface area contributed by atoms with Gasteiger partial charge in [-0.3, -0.25) is 0 Å². The van der Waals surface area contributed by atoms with Crippen LogP contribution >= 0.6 is 0 Å². The van der Waals surface area contributed by atoms with E-state index in [2.05, 4.69) is 14.3 Å². The van der Waals surface area contributed by atoms with Gasteiger partial charge in [0.15, 0.2) is 11.6 Å². The first-order chi connectivity index (χ1) is 12.3. The van der Waals surface area contributed by atoms with Gasteiger partial charge in [-0.05, 0) is 30.3 Å². The van der Waals surface area contributed by atoms with Crippen molar-refractivity contribution in [3.05, 3.63) is 66.3 Å². The Kier molecular flexibility index (Phi) is 4.80. The molecule has 0 N–H and O–H groups in total. The zero-order valence-electron chi connectivity index (χ0n) is 12.8. The molecule has 0 aliphatic heterocycles. The number of benzene rings is 2. The van der Waals surface area contributed by atoms with E-state index in [1.165, 1.54) is 36.9 Å². The van der Waals surface area contributed by atoms with E-state index >= 15 is 0 Å². The fourth-order valence-corrected chi connectivity index (χ4v) is 2.41. The summed E-state index contributed by atoms with van der Waals surface area (Å²) in [5.74, 6) is -2.24. The van der Waals surface area contributed by atoms with Crippen LogP contribution in [-0.2, 0) is 17.1 Å². The topological polar surface area (TPSA) is 83.3 Å². The van der Waals surface area contributed by atoms with Crippen molar-refractivity contribution in [3.8, 4) is 17.2 Å². The Bertz CT molecular complexity index is 1010. The Morgan fingerprint density at radius 3 is 2.31 bits per heavy atom. The van der Waals surface area contributed by atoms with Gasteiger partial charge in [0.2, 0.25) is 0 Å². The molecule has 0 atom stereocenters. The number of halogens is 3. The van der Waals surface area contributed by atoms with Crippen LogP contribution in [0, 0.1) is 11.6 Å². The van der Waals surface area contributed by atoms with Crippen molar-refractivity contribution in [1.29, 1.82) is 0 Å². The number of hydrogen-bond donors (Lipinski definition) is 0. The van der Waals surface area contributed by atoms with Gasteiger partial charge < -0.3 is 8.92 Å². The lowest BCUT2D eigenvalue weighted by Crippen LogP contribution is -2.06. The highest BCUT2D eigenvalue weighted by molar-refractivity contribution is 7.81. The van der Waals surface area contributed by atoms with Crippen LogP contribution < -0.4 is 8.92 Å². The van der Waals surface area contributed by atoms with E-state index in [1.807, 2.05) is 0 Å². The Labute approximate surface area is 146 Å². The molecule has 0 aliphatic carbocycles.